The standard InChI is InChI=1S/C10H20N2O6/c1-3-4-5-17-7(2)18-10(16,9(14)15)12-8(13)6-11/h7,16H,3-6,11H2,1-2H3,(H,12,13)(H,14,15). The number of hydrogen-bond acceptors (Lipinski definition) is 6. The van der Waals surface area contributed by atoms with Gasteiger partial charge in [0.2, 0.25) is 5.91 Å². The van der Waals surface area contributed by atoms with E-state index in [4.69, 9.17) is 20.3 Å². The van der Waals surface area contributed by atoms with Crippen molar-refractivity contribution in [3.8, 4) is 0 Å². The number of carbonyl (C=O) groups excluding carboxylic acids is 1. The van der Waals surface area contributed by atoms with Gasteiger partial charge in [-0.1, -0.05) is 13.3 Å². The van der Waals surface area contributed by atoms with Crippen molar-refractivity contribution in [1.82, 2.24) is 5.32 Å². The number of nitrogens with two attached hydrogens (primary N) is 1. The van der Waals surface area contributed by atoms with Crippen LogP contribution in [0.1, 0.15) is 26.7 Å². The number of ether oxygens (including phenoxy) is 2. The molecule has 2 atom stereocenters. The number of rotatable bonds is 9. The Bertz CT molecular complexity index is 286. The molecule has 18 heavy (non-hydrogen) atoms. The van der Waals surface area contributed by atoms with Crippen LogP contribution in [-0.2, 0) is 19.1 Å². The van der Waals surface area contributed by atoms with E-state index < -0.39 is 30.6 Å². The highest BCUT2D eigenvalue weighted by Gasteiger charge is 2.41. The van der Waals surface area contributed by atoms with Crippen LogP contribution in [0.2, 0.25) is 0 Å². The zero-order valence-electron chi connectivity index (χ0n) is 10.5. The minimum atomic E-state index is -2.85. The predicted molar refractivity (Wildman–Crippen MR) is 61.2 cm³/mol. The first-order valence-electron chi connectivity index (χ1n) is 5.62. The van der Waals surface area contributed by atoms with E-state index in [1.807, 2.05) is 6.92 Å². The quantitative estimate of drug-likeness (QED) is 0.309. The Balaban J connectivity index is 4.41. The van der Waals surface area contributed by atoms with E-state index >= 15 is 0 Å². The molecule has 0 heterocycles. The molecule has 0 saturated heterocycles. The van der Waals surface area contributed by atoms with Crippen molar-refractivity contribution in [1.29, 1.82) is 0 Å². The topological polar surface area (TPSA) is 131 Å². The number of aliphatic hydroxyl groups is 1. The minimum absolute atomic E-state index is 0.359. The zero-order valence-corrected chi connectivity index (χ0v) is 10.5. The molecule has 0 saturated carbocycles. The van der Waals surface area contributed by atoms with Crippen LogP contribution >= 0.6 is 0 Å². The third-order valence-electron chi connectivity index (χ3n) is 1.97. The van der Waals surface area contributed by atoms with E-state index in [0.29, 0.717) is 6.61 Å². The average Bonchev–Trinajstić information content (AvgIpc) is 2.28. The average molecular weight is 264 g/mol. The number of carboxylic acid groups (broad SMARTS) is 1. The number of unbranched alkanes of at least 4 members (excludes halogenated alkanes) is 1. The van der Waals surface area contributed by atoms with Crippen molar-refractivity contribution >= 4 is 11.9 Å². The monoisotopic (exact) mass is 264 g/mol. The first kappa shape index (κ1) is 16.8. The number of carboxylic acids is 1. The molecule has 5 N–H and O–H groups in total. The molecular weight excluding hydrogens is 244 g/mol. The maximum absolute atomic E-state index is 11.0. The summed E-state index contributed by atoms with van der Waals surface area (Å²) in [7, 11) is 0. The second kappa shape index (κ2) is 7.98. The Hall–Kier alpha value is -1.22. The number of aliphatic carboxylic acids is 1. The lowest BCUT2D eigenvalue weighted by Gasteiger charge is -2.27. The summed E-state index contributed by atoms with van der Waals surface area (Å²) in [5.74, 6) is -5.46. The first-order chi connectivity index (χ1) is 8.35. The fourth-order valence-electron chi connectivity index (χ4n) is 1.04. The van der Waals surface area contributed by atoms with Crippen LogP contribution in [0.15, 0.2) is 0 Å². The highest BCUT2D eigenvalue weighted by molar-refractivity contribution is 5.85. The van der Waals surface area contributed by atoms with E-state index in [1.54, 1.807) is 5.32 Å². The second-order valence-electron chi connectivity index (χ2n) is 3.61. The molecule has 0 fully saturated rings. The number of hydrogen-bond donors (Lipinski definition) is 4. The van der Waals surface area contributed by atoms with Gasteiger partial charge in [-0.05, 0) is 13.3 Å². The normalized spacial score (nSPS) is 15.8. The molecule has 0 aliphatic carbocycles. The molecule has 2 unspecified atom stereocenters. The van der Waals surface area contributed by atoms with Crippen LogP contribution in [0, 0.1) is 0 Å². The number of nitrogens with one attached hydrogen (secondary N) is 1. The summed E-state index contributed by atoms with van der Waals surface area (Å²) in [5, 5.41) is 20.2. The van der Waals surface area contributed by atoms with E-state index in [1.165, 1.54) is 6.92 Å². The molecular formula is C10H20N2O6. The van der Waals surface area contributed by atoms with Crippen molar-refractivity contribution in [3.05, 3.63) is 0 Å². The van der Waals surface area contributed by atoms with Crippen molar-refractivity contribution in [2.75, 3.05) is 13.2 Å². The van der Waals surface area contributed by atoms with E-state index in [9.17, 15) is 14.7 Å². The Morgan fingerprint density at radius 1 is 1.50 bits per heavy atom. The van der Waals surface area contributed by atoms with E-state index in [0.717, 1.165) is 12.8 Å². The molecule has 0 bridgehead atoms. The van der Waals surface area contributed by atoms with Gasteiger partial charge < -0.3 is 20.7 Å². The minimum Gasteiger partial charge on any atom is -0.476 e. The largest absolute Gasteiger partial charge is 0.476 e. The smallest absolute Gasteiger partial charge is 0.388 e. The molecule has 8 heteroatoms. The summed E-state index contributed by atoms with van der Waals surface area (Å²) in [6, 6.07) is 0. The van der Waals surface area contributed by atoms with Gasteiger partial charge in [0.05, 0.1) is 6.54 Å². The molecule has 0 radical (unpaired) electrons. The van der Waals surface area contributed by atoms with Crippen LogP contribution in [0.4, 0.5) is 0 Å². The van der Waals surface area contributed by atoms with Gasteiger partial charge in [-0.3, -0.25) is 14.8 Å². The molecule has 0 spiro atoms. The molecule has 0 aromatic rings. The summed E-state index contributed by atoms with van der Waals surface area (Å²) >= 11 is 0. The van der Waals surface area contributed by atoms with Gasteiger partial charge in [0, 0.05) is 6.61 Å². The predicted octanol–water partition coefficient (Wildman–Crippen LogP) is -1.03. The van der Waals surface area contributed by atoms with Crippen molar-refractivity contribution in [2.45, 2.75) is 38.9 Å². The van der Waals surface area contributed by atoms with Crippen LogP contribution in [0.5, 0.6) is 0 Å². The van der Waals surface area contributed by atoms with Crippen LogP contribution < -0.4 is 11.1 Å². The van der Waals surface area contributed by atoms with Crippen LogP contribution in [0.25, 0.3) is 0 Å². The molecule has 0 aliphatic heterocycles. The lowest BCUT2D eigenvalue weighted by Crippen LogP contribution is -2.59. The molecule has 0 rings (SSSR count). The molecule has 106 valence electrons. The molecule has 8 nitrogen and oxygen atoms in total. The summed E-state index contributed by atoms with van der Waals surface area (Å²) in [4.78, 5) is 21.8. The third-order valence-corrected chi connectivity index (χ3v) is 1.97. The Labute approximate surface area is 105 Å². The Kier molecular flexibility index (Phi) is 7.44. The summed E-state index contributed by atoms with van der Waals surface area (Å²) in [6.45, 7) is 3.27. The molecule has 0 aromatic heterocycles. The van der Waals surface area contributed by atoms with Crippen LogP contribution in [0.3, 0.4) is 0 Å². The maximum Gasteiger partial charge on any atom is 0.388 e. The lowest BCUT2D eigenvalue weighted by atomic mass is 10.4. The number of carbonyl (C=O) groups is 2. The van der Waals surface area contributed by atoms with Gasteiger partial charge in [-0.25, -0.2) is 4.79 Å². The first-order valence-corrected chi connectivity index (χ1v) is 5.62. The maximum atomic E-state index is 11.0. The van der Waals surface area contributed by atoms with Gasteiger partial charge in [0.15, 0.2) is 6.29 Å². The summed E-state index contributed by atoms with van der Waals surface area (Å²) in [5.41, 5.74) is 5.01. The zero-order chi connectivity index (χ0) is 14.2. The molecule has 0 aromatic carbocycles. The van der Waals surface area contributed by atoms with Gasteiger partial charge in [0.1, 0.15) is 0 Å². The molecule has 1 amide bonds. The third kappa shape index (κ3) is 5.92. The van der Waals surface area contributed by atoms with Crippen LogP contribution in [-0.4, -0.2) is 47.4 Å². The lowest BCUT2D eigenvalue weighted by molar-refractivity contribution is -0.291. The van der Waals surface area contributed by atoms with Gasteiger partial charge in [0.25, 0.3) is 0 Å². The summed E-state index contributed by atoms with van der Waals surface area (Å²) < 4.78 is 9.88. The van der Waals surface area contributed by atoms with Gasteiger partial charge >= 0.3 is 11.9 Å². The van der Waals surface area contributed by atoms with Crippen molar-refractivity contribution in [2.24, 2.45) is 5.73 Å². The van der Waals surface area contributed by atoms with Gasteiger partial charge in [-0.15, -0.1) is 0 Å². The van der Waals surface area contributed by atoms with Gasteiger partial charge in [-0.2, -0.15) is 0 Å². The molecule has 0 aliphatic rings. The van der Waals surface area contributed by atoms with E-state index in [-0.39, 0.29) is 0 Å². The SMILES string of the molecule is CCCCOC(C)OC(O)(NC(=O)CN)C(=O)O. The van der Waals surface area contributed by atoms with Crippen molar-refractivity contribution in [3.63, 3.8) is 0 Å². The number of amides is 1. The van der Waals surface area contributed by atoms with E-state index in [2.05, 4.69) is 0 Å². The fraction of sp³-hybridized carbons (Fsp3) is 0.800. The summed E-state index contributed by atoms with van der Waals surface area (Å²) in [6.07, 6.45) is 0.685. The Morgan fingerprint density at radius 3 is 2.56 bits per heavy atom. The Morgan fingerprint density at radius 2 is 2.11 bits per heavy atom. The fourth-order valence-corrected chi connectivity index (χ4v) is 1.04. The second-order valence-corrected chi connectivity index (χ2v) is 3.61. The highest BCUT2D eigenvalue weighted by atomic mass is 16.8. The van der Waals surface area contributed by atoms with Crippen molar-refractivity contribution < 1.29 is 29.3 Å². The highest BCUT2D eigenvalue weighted by Crippen LogP contribution is 2.09.